The molecule has 0 bridgehead atoms. The zero-order valence-corrected chi connectivity index (χ0v) is 8.34. The zero-order valence-electron chi connectivity index (χ0n) is 8.34. The van der Waals surface area contributed by atoms with Gasteiger partial charge >= 0.3 is 0 Å². The van der Waals surface area contributed by atoms with Gasteiger partial charge in [0.1, 0.15) is 12.3 Å². The minimum atomic E-state index is 0.0442. The van der Waals surface area contributed by atoms with E-state index in [1.165, 1.54) is 5.56 Å². The fourth-order valence-corrected chi connectivity index (χ4v) is 2.42. The highest BCUT2D eigenvalue weighted by Crippen LogP contribution is 2.41. The number of hydrogen-bond donors (Lipinski definition) is 0. The van der Waals surface area contributed by atoms with Crippen LogP contribution in [0.5, 0.6) is 0 Å². The smallest absolute Gasteiger partial charge is 0.114 e. The van der Waals surface area contributed by atoms with Crippen molar-refractivity contribution >= 4 is 0 Å². The molecule has 2 saturated heterocycles. The highest BCUT2D eigenvalue weighted by atomic mass is 16.5. The van der Waals surface area contributed by atoms with Gasteiger partial charge in [0.05, 0.1) is 18.7 Å². The molecule has 0 aromatic heterocycles. The third-order valence-corrected chi connectivity index (χ3v) is 3.26. The van der Waals surface area contributed by atoms with Gasteiger partial charge in [0.25, 0.3) is 0 Å². The van der Waals surface area contributed by atoms with E-state index in [4.69, 9.17) is 10.00 Å². The maximum atomic E-state index is 8.95. The van der Waals surface area contributed by atoms with E-state index >= 15 is 0 Å². The van der Waals surface area contributed by atoms with Crippen LogP contribution in [0.2, 0.25) is 0 Å². The quantitative estimate of drug-likeness (QED) is 0.692. The second-order valence-corrected chi connectivity index (χ2v) is 4.04. The van der Waals surface area contributed by atoms with Gasteiger partial charge < -0.3 is 4.74 Å². The van der Waals surface area contributed by atoms with Crippen molar-refractivity contribution in [2.24, 2.45) is 0 Å². The lowest BCUT2D eigenvalue weighted by molar-refractivity contribution is -0.0683. The van der Waals surface area contributed by atoms with Crippen molar-refractivity contribution in [1.82, 2.24) is 4.90 Å². The van der Waals surface area contributed by atoms with Crippen LogP contribution in [0, 0.1) is 11.3 Å². The van der Waals surface area contributed by atoms with E-state index < -0.39 is 0 Å². The number of hydrogen-bond acceptors (Lipinski definition) is 3. The van der Waals surface area contributed by atoms with Crippen LogP contribution >= 0.6 is 0 Å². The van der Waals surface area contributed by atoms with Gasteiger partial charge in [0.2, 0.25) is 0 Å². The van der Waals surface area contributed by atoms with Crippen LogP contribution < -0.4 is 0 Å². The summed E-state index contributed by atoms with van der Waals surface area (Å²) in [7, 11) is 0. The molecule has 3 heteroatoms. The predicted octanol–water partition coefficient (Wildman–Crippen LogP) is 1.68. The third-order valence-electron chi connectivity index (χ3n) is 3.26. The van der Waals surface area contributed by atoms with Crippen molar-refractivity contribution in [3.63, 3.8) is 0 Å². The summed E-state index contributed by atoms with van der Waals surface area (Å²) in [4.78, 5) is 2.18. The minimum absolute atomic E-state index is 0.0442. The molecule has 1 aromatic rings. The summed E-state index contributed by atoms with van der Waals surface area (Å²) in [5.41, 5.74) is 1.25. The normalized spacial score (nSPS) is 34.2. The standard InChI is InChI=1S/C12H12N2O/c13-7-10-6-12-14(10)11(8-15-12)9-4-2-1-3-5-9/h1-5,10-12H,6,8H2/t10-,11-,12+/m0/s1. The fourth-order valence-electron chi connectivity index (χ4n) is 2.42. The van der Waals surface area contributed by atoms with E-state index in [9.17, 15) is 0 Å². The lowest BCUT2D eigenvalue weighted by atomic mass is 9.97. The van der Waals surface area contributed by atoms with Gasteiger partial charge in [-0.1, -0.05) is 30.3 Å². The number of rotatable bonds is 1. The first-order valence-corrected chi connectivity index (χ1v) is 5.24. The molecule has 3 atom stereocenters. The van der Waals surface area contributed by atoms with Crippen molar-refractivity contribution in [2.75, 3.05) is 6.61 Å². The van der Waals surface area contributed by atoms with E-state index in [0.29, 0.717) is 6.61 Å². The predicted molar refractivity (Wildman–Crippen MR) is 54.8 cm³/mol. The molecule has 2 aliphatic rings. The summed E-state index contributed by atoms with van der Waals surface area (Å²) in [5, 5.41) is 8.95. The molecule has 76 valence electrons. The molecule has 0 saturated carbocycles. The summed E-state index contributed by atoms with van der Waals surface area (Å²) < 4.78 is 5.63. The van der Waals surface area contributed by atoms with E-state index in [2.05, 4.69) is 23.1 Å². The van der Waals surface area contributed by atoms with Crippen molar-refractivity contribution in [2.45, 2.75) is 24.7 Å². The average molecular weight is 200 g/mol. The Bertz CT molecular complexity index is 398. The van der Waals surface area contributed by atoms with E-state index in [1.807, 2.05) is 18.2 Å². The van der Waals surface area contributed by atoms with Crippen LogP contribution in [0.3, 0.4) is 0 Å². The number of fused-ring (bicyclic) bond motifs is 1. The van der Waals surface area contributed by atoms with Crippen LogP contribution in [0.25, 0.3) is 0 Å². The first-order valence-electron chi connectivity index (χ1n) is 5.24. The molecular weight excluding hydrogens is 188 g/mol. The molecule has 3 nitrogen and oxygen atoms in total. The summed E-state index contributed by atoms with van der Waals surface area (Å²) in [6.45, 7) is 0.715. The van der Waals surface area contributed by atoms with Gasteiger partial charge in [0.15, 0.2) is 0 Å². The Morgan fingerprint density at radius 1 is 1.33 bits per heavy atom. The zero-order chi connectivity index (χ0) is 10.3. The molecular formula is C12H12N2O. The third kappa shape index (κ3) is 1.26. The highest BCUT2D eigenvalue weighted by Gasteiger charge is 2.48. The molecule has 2 aliphatic heterocycles. The second-order valence-electron chi connectivity index (χ2n) is 4.04. The first kappa shape index (κ1) is 8.90. The monoisotopic (exact) mass is 200 g/mol. The SMILES string of the molecule is N#C[C@@H]1C[C@H]2OC[C@@H](c3ccccc3)N12. The number of nitrogens with zero attached hydrogens (tertiary/aromatic N) is 2. The van der Waals surface area contributed by atoms with Gasteiger partial charge in [-0.25, -0.2) is 0 Å². The Balaban J connectivity index is 1.86. The molecule has 0 unspecified atom stereocenters. The highest BCUT2D eigenvalue weighted by molar-refractivity contribution is 5.23. The van der Waals surface area contributed by atoms with Gasteiger partial charge in [0, 0.05) is 6.42 Å². The van der Waals surface area contributed by atoms with Gasteiger partial charge in [-0.05, 0) is 5.56 Å². The van der Waals surface area contributed by atoms with Crippen LogP contribution in [-0.2, 0) is 4.74 Å². The number of benzene rings is 1. The van der Waals surface area contributed by atoms with E-state index in [-0.39, 0.29) is 18.3 Å². The van der Waals surface area contributed by atoms with Crippen molar-refractivity contribution in [1.29, 1.82) is 5.26 Å². The summed E-state index contributed by atoms with van der Waals surface area (Å²) in [6, 6.07) is 12.9. The Kier molecular flexibility index (Phi) is 1.98. The molecule has 0 spiro atoms. The molecule has 15 heavy (non-hydrogen) atoms. The van der Waals surface area contributed by atoms with Crippen molar-refractivity contribution in [3.8, 4) is 6.07 Å². The molecule has 3 rings (SSSR count). The van der Waals surface area contributed by atoms with E-state index in [1.54, 1.807) is 0 Å². The molecule has 0 aliphatic carbocycles. The first-order chi connectivity index (χ1) is 7.40. The average Bonchev–Trinajstić information content (AvgIpc) is 2.58. The Morgan fingerprint density at radius 3 is 2.87 bits per heavy atom. The van der Waals surface area contributed by atoms with Crippen LogP contribution in [0.4, 0.5) is 0 Å². The lowest BCUT2D eigenvalue weighted by Crippen LogP contribution is -2.52. The Morgan fingerprint density at radius 2 is 2.13 bits per heavy atom. The van der Waals surface area contributed by atoms with E-state index in [0.717, 1.165) is 6.42 Å². The molecule has 2 fully saturated rings. The largest absolute Gasteiger partial charge is 0.361 e. The van der Waals surface area contributed by atoms with Gasteiger partial charge in [-0.3, -0.25) is 4.90 Å². The van der Waals surface area contributed by atoms with Crippen LogP contribution in [0.1, 0.15) is 18.0 Å². The van der Waals surface area contributed by atoms with Crippen LogP contribution in [0.15, 0.2) is 30.3 Å². The Hall–Kier alpha value is -1.37. The topological polar surface area (TPSA) is 36.3 Å². The minimum Gasteiger partial charge on any atom is -0.361 e. The molecule has 1 aromatic carbocycles. The number of ether oxygens (including phenoxy) is 1. The Labute approximate surface area is 88.9 Å². The number of nitriles is 1. The summed E-state index contributed by atoms with van der Waals surface area (Å²) >= 11 is 0. The molecule has 0 amide bonds. The maximum Gasteiger partial charge on any atom is 0.114 e. The molecule has 0 N–H and O–H groups in total. The second kappa shape index (κ2) is 3.34. The maximum absolute atomic E-state index is 8.95. The fraction of sp³-hybridized carbons (Fsp3) is 0.417. The molecule has 0 radical (unpaired) electrons. The van der Waals surface area contributed by atoms with Crippen molar-refractivity contribution in [3.05, 3.63) is 35.9 Å². The van der Waals surface area contributed by atoms with Gasteiger partial charge in [-0.2, -0.15) is 5.26 Å². The van der Waals surface area contributed by atoms with Crippen molar-refractivity contribution < 1.29 is 4.74 Å². The lowest BCUT2D eigenvalue weighted by Gasteiger charge is -2.41. The molecule has 2 heterocycles. The van der Waals surface area contributed by atoms with Gasteiger partial charge in [-0.15, -0.1) is 0 Å². The van der Waals surface area contributed by atoms with Crippen LogP contribution in [-0.4, -0.2) is 23.8 Å². The summed E-state index contributed by atoms with van der Waals surface area (Å²) in [6.07, 6.45) is 1.04. The summed E-state index contributed by atoms with van der Waals surface area (Å²) in [5.74, 6) is 0.